The van der Waals surface area contributed by atoms with Crippen molar-refractivity contribution in [3.63, 3.8) is 0 Å². The molecule has 0 aromatic carbocycles. The first-order chi connectivity index (χ1) is 14.6. The molecule has 0 amide bonds. The van der Waals surface area contributed by atoms with Crippen LogP contribution in [0.2, 0.25) is 0 Å². The summed E-state index contributed by atoms with van der Waals surface area (Å²) in [7, 11) is 3.09. The first-order valence-corrected chi connectivity index (χ1v) is 11.5. The topological polar surface area (TPSA) is 95.8 Å². The maximum atomic E-state index is 12.9. The SMILES string of the molecule is Cc1ccc(-c2nc(CSc3nc(C(C)(C)C)nc4c3c(=O)n(C)c(=O)n4C)cs2)o1. The standard InChI is InChI=1S/C21H23N5O3S2/c1-11-7-8-13(29-11)16-22-12(9-30-16)10-31-17-14-15(23-19(24-17)21(2,3)4)25(5)20(28)26(6)18(14)27/h7-9H,10H2,1-6H3. The van der Waals surface area contributed by atoms with Gasteiger partial charge in [-0.25, -0.2) is 19.7 Å². The lowest BCUT2D eigenvalue weighted by Gasteiger charge is -2.19. The minimum atomic E-state index is -0.412. The fourth-order valence-corrected chi connectivity index (χ4v) is 4.84. The number of nitrogens with zero attached hydrogens (tertiary/aromatic N) is 5. The summed E-state index contributed by atoms with van der Waals surface area (Å²) in [4.78, 5) is 39.3. The third-order valence-corrected chi connectivity index (χ3v) is 6.71. The van der Waals surface area contributed by atoms with Crippen LogP contribution in [0.4, 0.5) is 0 Å². The molecule has 0 bridgehead atoms. The lowest BCUT2D eigenvalue weighted by molar-refractivity contribution is 0.539. The minimum Gasteiger partial charge on any atom is -0.459 e. The van der Waals surface area contributed by atoms with Crippen molar-refractivity contribution in [3.8, 4) is 10.8 Å². The van der Waals surface area contributed by atoms with Crippen LogP contribution in [0.3, 0.4) is 0 Å². The van der Waals surface area contributed by atoms with Crippen LogP contribution in [0.15, 0.2) is 36.5 Å². The molecule has 4 aromatic rings. The van der Waals surface area contributed by atoms with E-state index in [1.807, 2.05) is 45.2 Å². The molecule has 0 saturated heterocycles. The Hall–Kier alpha value is -2.72. The molecular weight excluding hydrogens is 434 g/mol. The van der Waals surface area contributed by atoms with E-state index in [0.29, 0.717) is 27.6 Å². The van der Waals surface area contributed by atoms with Gasteiger partial charge in [-0.05, 0) is 19.1 Å². The Labute approximate surface area is 187 Å². The van der Waals surface area contributed by atoms with E-state index in [9.17, 15) is 9.59 Å². The minimum absolute atomic E-state index is 0.342. The molecule has 8 nitrogen and oxygen atoms in total. The van der Waals surface area contributed by atoms with Gasteiger partial charge in [0.25, 0.3) is 5.56 Å². The van der Waals surface area contributed by atoms with Crippen LogP contribution in [0.25, 0.3) is 21.8 Å². The van der Waals surface area contributed by atoms with Crippen LogP contribution >= 0.6 is 23.1 Å². The summed E-state index contributed by atoms with van der Waals surface area (Å²) in [5.74, 6) is 2.68. The van der Waals surface area contributed by atoms with Crippen LogP contribution in [0.1, 0.15) is 38.0 Å². The van der Waals surface area contributed by atoms with Crippen LogP contribution in [-0.2, 0) is 25.3 Å². The van der Waals surface area contributed by atoms with Gasteiger partial charge in [-0.2, -0.15) is 0 Å². The molecule has 0 atom stereocenters. The highest BCUT2D eigenvalue weighted by Gasteiger charge is 2.24. The number of thiazole rings is 1. The Morgan fingerprint density at radius 2 is 1.84 bits per heavy atom. The highest BCUT2D eigenvalue weighted by Crippen LogP contribution is 2.31. The molecule has 4 aromatic heterocycles. The highest BCUT2D eigenvalue weighted by atomic mass is 32.2. The lowest BCUT2D eigenvalue weighted by atomic mass is 9.96. The molecule has 0 saturated carbocycles. The number of aromatic nitrogens is 5. The monoisotopic (exact) mass is 457 g/mol. The number of thioether (sulfide) groups is 1. The molecule has 0 radical (unpaired) electrons. The van der Waals surface area contributed by atoms with E-state index in [4.69, 9.17) is 9.40 Å². The van der Waals surface area contributed by atoms with Gasteiger partial charge in [0, 0.05) is 30.6 Å². The van der Waals surface area contributed by atoms with E-state index in [1.54, 1.807) is 7.05 Å². The summed E-state index contributed by atoms with van der Waals surface area (Å²) >= 11 is 2.93. The van der Waals surface area contributed by atoms with Crippen LogP contribution in [-0.4, -0.2) is 24.1 Å². The van der Waals surface area contributed by atoms with Crippen molar-refractivity contribution in [1.29, 1.82) is 0 Å². The zero-order chi connectivity index (χ0) is 22.5. The summed E-state index contributed by atoms with van der Waals surface area (Å²) < 4.78 is 8.14. The van der Waals surface area contributed by atoms with E-state index in [-0.39, 0.29) is 5.41 Å². The maximum absolute atomic E-state index is 12.9. The van der Waals surface area contributed by atoms with E-state index in [1.165, 1.54) is 34.7 Å². The zero-order valence-corrected chi connectivity index (χ0v) is 19.8. The smallest absolute Gasteiger partial charge is 0.332 e. The molecular formula is C21H23N5O3S2. The predicted octanol–water partition coefficient (Wildman–Crippen LogP) is 3.64. The van der Waals surface area contributed by atoms with E-state index >= 15 is 0 Å². The third-order valence-electron chi connectivity index (χ3n) is 4.80. The maximum Gasteiger partial charge on any atom is 0.332 e. The fraction of sp³-hybridized carbons (Fsp3) is 0.381. The molecule has 0 aliphatic carbocycles. The molecule has 0 unspecified atom stereocenters. The van der Waals surface area contributed by atoms with Gasteiger partial charge in [-0.15, -0.1) is 11.3 Å². The molecule has 0 N–H and O–H groups in total. The van der Waals surface area contributed by atoms with Gasteiger partial charge in [0.1, 0.15) is 22.0 Å². The lowest BCUT2D eigenvalue weighted by Crippen LogP contribution is -2.38. The summed E-state index contributed by atoms with van der Waals surface area (Å²) in [6.07, 6.45) is 0. The zero-order valence-electron chi connectivity index (χ0n) is 18.2. The van der Waals surface area contributed by atoms with Gasteiger partial charge in [0.05, 0.1) is 5.69 Å². The van der Waals surface area contributed by atoms with Crippen LogP contribution in [0, 0.1) is 6.92 Å². The van der Waals surface area contributed by atoms with Crippen molar-refractivity contribution in [2.75, 3.05) is 0 Å². The molecule has 0 aliphatic heterocycles. The van der Waals surface area contributed by atoms with Crippen LogP contribution < -0.4 is 11.2 Å². The molecule has 4 rings (SSSR count). The van der Waals surface area contributed by atoms with Gasteiger partial charge in [-0.1, -0.05) is 32.5 Å². The quantitative estimate of drug-likeness (QED) is 0.341. The van der Waals surface area contributed by atoms with E-state index in [2.05, 4.69) is 9.97 Å². The van der Waals surface area contributed by atoms with Crippen molar-refractivity contribution in [2.45, 2.75) is 43.9 Å². The number of hydrogen-bond donors (Lipinski definition) is 0. The normalized spacial score (nSPS) is 12.1. The van der Waals surface area contributed by atoms with E-state index in [0.717, 1.165) is 26.8 Å². The Bertz CT molecular complexity index is 1410. The second kappa shape index (κ2) is 7.76. The summed E-state index contributed by atoms with van der Waals surface area (Å²) in [5, 5.41) is 3.68. The first kappa shape index (κ1) is 21.5. The second-order valence-corrected chi connectivity index (χ2v) is 10.2. The van der Waals surface area contributed by atoms with E-state index < -0.39 is 11.2 Å². The number of hydrogen-bond acceptors (Lipinski definition) is 8. The fourth-order valence-electron chi connectivity index (χ4n) is 3.05. The summed E-state index contributed by atoms with van der Waals surface area (Å²) in [5.41, 5.74) is 0.0623. The first-order valence-electron chi connectivity index (χ1n) is 9.68. The Kier molecular flexibility index (Phi) is 5.38. The van der Waals surface area contributed by atoms with Crippen molar-refractivity contribution in [3.05, 3.63) is 55.6 Å². The number of rotatable bonds is 4. The van der Waals surface area contributed by atoms with Gasteiger partial charge in [0.15, 0.2) is 16.4 Å². The summed E-state index contributed by atoms with van der Waals surface area (Å²) in [6.45, 7) is 7.90. The van der Waals surface area contributed by atoms with Crippen molar-refractivity contribution in [1.82, 2.24) is 24.1 Å². The molecule has 0 spiro atoms. The largest absolute Gasteiger partial charge is 0.459 e. The third kappa shape index (κ3) is 3.97. The van der Waals surface area contributed by atoms with Gasteiger partial charge >= 0.3 is 5.69 Å². The molecule has 0 aliphatic rings. The van der Waals surface area contributed by atoms with Crippen LogP contribution in [0.5, 0.6) is 0 Å². The summed E-state index contributed by atoms with van der Waals surface area (Å²) in [6, 6.07) is 3.81. The van der Waals surface area contributed by atoms with Gasteiger partial charge in [0.2, 0.25) is 0 Å². The average molecular weight is 458 g/mol. The molecule has 4 heterocycles. The van der Waals surface area contributed by atoms with Crippen molar-refractivity contribution >= 4 is 34.1 Å². The number of aryl methyl sites for hydroxylation is 2. The molecule has 162 valence electrons. The second-order valence-electron chi connectivity index (χ2n) is 8.35. The predicted molar refractivity (Wildman–Crippen MR) is 123 cm³/mol. The van der Waals surface area contributed by atoms with Crippen molar-refractivity contribution in [2.24, 2.45) is 14.1 Å². The molecule has 0 fully saturated rings. The Morgan fingerprint density at radius 1 is 1.10 bits per heavy atom. The van der Waals surface area contributed by atoms with Crippen molar-refractivity contribution < 1.29 is 4.42 Å². The van der Waals surface area contributed by atoms with Gasteiger partial charge < -0.3 is 4.42 Å². The van der Waals surface area contributed by atoms with Gasteiger partial charge in [-0.3, -0.25) is 13.9 Å². The molecule has 31 heavy (non-hydrogen) atoms. The molecule has 10 heteroatoms. The number of furan rings is 1. The number of fused-ring (bicyclic) bond motifs is 1. The highest BCUT2D eigenvalue weighted by molar-refractivity contribution is 7.98. The Morgan fingerprint density at radius 3 is 2.48 bits per heavy atom. The Balaban J connectivity index is 1.77. The average Bonchev–Trinajstić information content (AvgIpc) is 3.36.